The third-order valence-corrected chi connectivity index (χ3v) is 3.43. The molecule has 2 amide bonds. The molecular formula is C15H24FN3O. The van der Waals surface area contributed by atoms with Gasteiger partial charge in [0.25, 0.3) is 0 Å². The SMILES string of the molecule is CCN(CC)[C@@H](C)CNC(=O)Nc1ccc(F)cc1C. The van der Waals surface area contributed by atoms with Crippen LogP contribution in [0.3, 0.4) is 0 Å². The first-order valence-electron chi connectivity index (χ1n) is 7.03. The summed E-state index contributed by atoms with van der Waals surface area (Å²) >= 11 is 0. The van der Waals surface area contributed by atoms with Gasteiger partial charge in [-0.1, -0.05) is 13.8 Å². The second kappa shape index (κ2) is 7.85. The maximum Gasteiger partial charge on any atom is 0.319 e. The molecule has 0 fully saturated rings. The number of hydrogen-bond donors (Lipinski definition) is 2. The van der Waals surface area contributed by atoms with Gasteiger partial charge in [-0.2, -0.15) is 0 Å². The Morgan fingerprint density at radius 3 is 2.55 bits per heavy atom. The summed E-state index contributed by atoms with van der Waals surface area (Å²) < 4.78 is 13.0. The second-order valence-corrected chi connectivity index (χ2v) is 4.86. The lowest BCUT2D eigenvalue weighted by Crippen LogP contribution is -2.43. The molecule has 0 aliphatic heterocycles. The van der Waals surface area contributed by atoms with Gasteiger partial charge in [-0.25, -0.2) is 9.18 Å². The Kier molecular flexibility index (Phi) is 6.45. The number of likely N-dealkylation sites (N-methyl/N-ethyl adjacent to an activating group) is 1. The van der Waals surface area contributed by atoms with Crippen molar-refractivity contribution < 1.29 is 9.18 Å². The van der Waals surface area contributed by atoms with Crippen molar-refractivity contribution in [3.63, 3.8) is 0 Å². The fourth-order valence-corrected chi connectivity index (χ4v) is 2.15. The highest BCUT2D eigenvalue weighted by molar-refractivity contribution is 5.90. The third kappa shape index (κ3) is 4.81. The molecule has 1 aromatic rings. The van der Waals surface area contributed by atoms with E-state index in [1.165, 1.54) is 12.1 Å². The van der Waals surface area contributed by atoms with Crippen LogP contribution in [0.4, 0.5) is 14.9 Å². The van der Waals surface area contributed by atoms with Crippen LogP contribution in [0.25, 0.3) is 0 Å². The highest BCUT2D eigenvalue weighted by atomic mass is 19.1. The fraction of sp³-hybridized carbons (Fsp3) is 0.533. The Hall–Kier alpha value is -1.62. The zero-order chi connectivity index (χ0) is 15.1. The number of aryl methyl sites for hydroxylation is 1. The second-order valence-electron chi connectivity index (χ2n) is 4.86. The number of benzene rings is 1. The molecule has 1 atom stereocenters. The van der Waals surface area contributed by atoms with E-state index < -0.39 is 0 Å². The van der Waals surface area contributed by atoms with Crippen molar-refractivity contribution in [3.8, 4) is 0 Å². The standard InChI is InChI=1S/C15H24FN3O/c1-5-19(6-2)12(4)10-17-15(20)18-14-8-7-13(16)9-11(14)3/h7-9,12H,5-6,10H2,1-4H3,(H2,17,18,20)/t12-/m0/s1. The van der Waals surface area contributed by atoms with Crippen molar-refractivity contribution in [1.82, 2.24) is 10.2 Å². The van der Waals surface area contributed by atoms with Gasteiger partial charge in [0.1, 0.15) is 5.82 Å². The van der Waals surface area contributed by atoms with Crippen molar-refractivity contribution in [2.24, 2.45) is 0 Å². The normalized spacial score (nSPS) is 12.3. The summed E-state index contributed by atoms with van der Waals surface area (Å²) in [7, 11) is 0. The maximum absolute atomic E-state index is 13.0. The van der Waals surface area contributed by atoms with E-state index in [0.29, 0.717) is 17.8 Å². The molecule has 0 saturated carbocycles. The summed E-state index contributed by atoms with van der Waals surface area (Å²) in [5.74, 6) is -0.302. The van der Waals surface area contributed by atoms with Crippen LogP contribution in [0.15, 0.2) is 18.2 Å². The largest absolute Gasteiger partial charge is 0.336 e. The smallest absolute Gasteiger partial charge is 0.319 e. The number of amides is 2. The molecule has 1 aromatic carbocycles. The minimum absolute atomic E-state index is 0.265. The van der Waals surface area contributed by atoms with Crippen LogP contribution in [0.2, 0.25) is 0 Å². The average Bonchev–Trinajstić information content (AvgIpc) is 2.41. The van der Waals surface area contributed by atoms with Gasteiger partial charge in [0.15, 0.2) is 0 Å². The lowest BCUT2D eigenvalue weighted by atomic mass is 10.2. The maximum atomic E-state index is 13.0. The van der Waals surface area contributed by atoms with Gasteiger partial charge in [0.2, 0.25) is 0 Å². The monoisotopic (exact) mass is 281 g/mol. The Bertz CT molecular complexity index is 447. The summed E-state index contributed by atoms with van der Waals surface area (Å²) in [4.78, 5) is 14.1. The Balaban J connectivity index is 2.48. The van der Waals surface area contributed by atoms with Crippen LogP contribution in [0.1, 0.15) is 26.3 Å². The third-order valence-electron chi connectivity index (χ3n) is 3.43. The molecule has 5 heteroatoms. The van der Waals surface area contributed by atoms with E-state index in [4.69, 9.17) is 0 Å². The molecule has 0 spiro atoms. The summed E-state index contributed by atoms with van der Waals surface area (Å²) in [5.41, 5.74) is 1.33. The molecule has 0 radical (unpaired) electrons. The van der Waals surface area contributed by atoms with Gasteiger partial charge in [-0.15, -0.1) is 0 Å². The topological polar surface area (TPSA) is 44.4 Å². The Morgan fingerprint density at radius 1 is 1.35 bits per heavy atom. The van der Waals surface area contributed by atoms with Crippen LogP contribution in [0, 0.1) is 12.7 Å². The number of nitrogens with one attached hydrogen (secondary N) is 2. The molecule has 1 rings (SSSR count). The number of nitrogens with zero attached hydrogens (tertiary/aromatic N) is 1. The summed E-state index contributed by atoms with van der Waals surface area (Å²) in [5, 5.41) is 5.57. The number of halogens is 1. The molecule has 2 N–H and O–H groups in total. The zero-order valence-electron chi connectivity index (χ0n) is 12.7. The predicted molar refractivity (Wildman–Crippen MR) is 80.5 cm³/mol. The highest BCUT2D eigenvalue weighted by Crippen LogP contribution is 2.15. The van der Waals surface area contributed by atoms with E-state index in [0.717, 1.165) is 13.1 Å². The quantitative estimate of drug-likeness (QED) is 0.842. The minimum Gasteiger partial charge on any atom is -0.336 e. The summed E-state index contributed by atoms with van der Waals surface area (Å²) in [6.45, 7) is 10.5. The molecule has 0 saturated heterocycles. The molecule has 0 unspecified atom stereocenters. The summed E-state index contributed by atoms with van der Waals surface area (Å²) in [6.07, 6.45) is 0. The summed E-state index contributed by atoms with van der Waals surface area (Å²) in [6, 6.07) is 4.32. The molecule has 112 valence electrons. The van der Waals surface area contributed by atoms with Crippen molar-refractivity contribution in [3.05, 3.63) is 29.6 Å². The lowest BCUT2D eigenvalue weighted by Gasteiger charge is -2.26. The van der Waals surface area contributed by atoms with Gasteiger partial charge in [0.05, 0.1) is 0 Å². The first-order chi connectivity index (χ1) is 9.47. The van der Waals surface area contributed by atoms with E-state index in [1.54, 1.807) is 13.0 Å². The zero-order valence-corrected chi connectivity index (χ0v) is 12.7. The van der Waals surface area contributed by atoms with Crippen LogP contribution in [-0.4, -0.2) is 36.6 Å². The van der Waals surface area contributed by atoms with Gasteiger partial charge in [-0.05, 0) is 50.7 Å². The van der Waals surface area contributed by atoms with Gasteiger partial charge >= 0.3 is 6.03 Å². The number of carbonyl (C=O) groups excluding carboxylic acids is 1. The van der Waals surface area contributed by atoms with E-state index >= 15 is 0 Å². The number of anilines is 1. The molecule has 20 heavy (non-hydrogen) atoms. The molecule has 0 bridgehead atoms. The van der Waals surface area contributed by atoms with Crippen LogP contribution in [0.5, 0.6) is 0 Å². The van der Waals surface area contributed by atoms with E-state index in [-0.39, 0.29) is 17.9 Å². The Labute approximate surface area is 120 Å². The number of rotatable bonds is 6. The fourth-order valence-electron chi connectivity index (χ4n) is 2.15. The molecule has 0 aromatic heterocycles. The molecular weight excluding hydrogens is 257 g/mol. The van der Waals surface area contributed by atoms with Crippen LogP contribution >= 0.6 is 0 Å². The Morgan fingerprint density at radius 2 is 2.00 bits per heavy atom. The first kappa shape index (κ1) is 16.4. The van der Waals surface area contributed by atoms with Crippen LogP contribution < -0.4 is 10.6 Å². The van der Waals surface area contributed by atoms with Crippen molar-refractivity contribution in [2.45, 2.75) is 33.7 Å². The predicted octanol–water partition coefficient (Wildman–Crippen LogP) is 2.99. The van der Waals surface area contributed by atoms with Crippen LogP contribution in [-0.2, 0) is 0 Å². The van der Waals surface area contributed by atoms with E-state index in [9.17, 15) is 9.18 Å². The average molecular weight is 281 g/mol. The lowest BCUT2D eigenvalue weighted by molar-refractivity contribution is 0.220. The van der Waals surface area contributed by atoms with Crippen molar-refractivity contribution >= 4 is 11.7 Å². The molecule has 4 nitrogen and oxygen atoms in total. The van der Waals surface area contributed by atoms with Gasteiger partial charge in [0, 0.05) is 18.3 Å². The number of carbonyl (C=O) groups is 1. The van der Waals surface area contributed by atoms with Gasteiger partial charge < -0.3 is 10.6 Å². The molecule has 0 aliphatic rings. The first-order valence-corrected chi connectivity index (χ1v) is 7.03. The molecule has 0 heterocycles. The minimum atomic E-state index is -0.302. The van der Waals surface area contributed by atoms with Gasteiger partial charge in [-0.3, -0.25) is 4.90 Å². The van der Waals surface area contributed by atoms with Crippen molar-refractivity contribution in [2.75, 3.05) is 25.0 Å². The van der Waals surface area contributed by atoms with E-state index in [1.807, 2.05) is 0 Å². The number of urea groups is 1. The highest BCUT2D eigenvalue weighted by Gasteiger charge is 2.11. The van der Waals surface area contributed by atoms with E-state index in [2.05, 4.69) is 36.3 Å². The number of hydrogen-bond acceptors (Lipinski definition) is 2. The molecule has 0 aliphatic carbocycles. The van der Waals surface area contributed by atoms with Crippen molar-refractivity contribution in [1.29, 1.82) is 0 Å².